The van der Waals surface area contributed by atoms with E-state index in [2.05, 4.69) is 10.3 Å². The van der Waals surface area contributed by atoms with Crippen molar-refractivity contribution in [2.45, 2.75) is 12.1 Å². The molecule has 0 unspecified atom stereocenters. The van der Waals surface area contributed by atoms with E-state index in [9.17, 15) is 8.78 Å². The zero-order valence-electron chi connectivity index (χ0n) is 16.3. The standard InChI is InChI=1S/C24H18F2N4S/c25-16-6-10-18(11-7-16)29-15-3-5-21(29)23-22(20-4-1-2-14-27-20)28-24(31)30(23)19-12-8-17(26)9-13-19/h1-15,22-23H,(H,28,31)/t22-,23+/m1/s1. The van der Waals surface area contributed by atoms with E-state index in [1.54, 1.807) is 30.5 Å². The lowest BCUT2D eigenvalue weighted by Crippen LogP contribution is -2.30. The third-order valence-corrected chi connectivity index (χ3v) is 5.71. The molecular weight excluding hydrogens is 414 g/mol. The molecule has 1 fully saturated rings. The maximum Gasteiger partial charge on any atom is 0.174 e. The minimum atomic E-state index is -0.311. The van der Waals surface area contributed by atoms with Gasteiger partial charge in [-0.05, 0) is 85.0 Å². The average Bonchev–Trinajstić information content (AvgIpc) is 3.40. The highest BCUT2D eigenvalue weighted by atomic mass is 32.1. The van der Waals surface area contributed by atoms with E-state index in [0.29, 0.717) is 5.11 Å². The van der Waals surface area contributed by atoms with Gasteiger partial charge in [0.05, 0.1) is 11.7 Å². The monoisotopic (exact) mass is 432 g/mol. The Hall–Kier alpha value is -3.58. The summed E-state index contributed by atoms with van der Waals surface area (Å²) in [5, 5.41) is 3.91. The molecule has 154 valence electrons. The number of thiocarbonyl (C=S) groups is 1. The van der Waals surface area contributed by atoms with Crippen LogP contribution in [0.3, 0.4) is 0 Å². The fraction of sp³-hybridized carbons (Fsp3) is 0.0833. The van der Waals surface area contributed by atoms with E-state index in [1.807, 2.05) is 46.0 Å². The highest BCUT2D eigenvalue weighted by molar-refractivity contribution is 7.80. The summed E-state index contributed by atoms with van der Waals surface area (Å²) in [7, 11) is 0. The maximum atomic E-state index is 13.6. The number of anilines is 1. The molecule has 2 aromatic carbocycles. The van der Waals surface area contributed by atoms with E-state index in [1.165, 1.54) is 24.3 Å². The summed E-state index contributed by atoms with van der Waals surface area (Å²) in [6.07, 6.45) is 3.68. The van der Waals surface area contributed by atoms with Crippen LogP contribution in [0.5, 0.6) is 0 Å². The first-order chi connectivity index (χ1) is 15.1. The summed E-state index contributed by atoms with van der Waals surface area (Å²) in [6, 6.07) is 21.8. The van der Waals surface area contributed by atoms with Crippen LogP contribution in [-0.4, -0.2) is 14.7 Å². The summed E-state index contributed by atoms with van der Waals surface area (Å²) in [5.74, 6) is -0.602. The van der Waals surface area contributed by atoms with Gasteiger partial charge in [-0.3, -0.25) is 4.98 Å². The SMILES string of the molecule is Fc1ccc(N2C(=S)N[C@H](c3ccccn3)[C@@H]2c2cccn2-c2ccc(F)cc2)cc1. The molecule has 3 heterocycles. The van der Waals surface area contributed by atoms with Gasteiger partial charge in [0, 0.05) is 29.5 Å². The quantitative estimate of drug-likeness (QED) is 0.442. The second-order valence-corrected chi connectivity index (χ2v) is 7.64. The zero-order valence-corrected chi connectivity index (χ0v) is 17.1. The zero-order chi connectivity index (χ0) is 21.4. The molecule has 2 atom stereocenters. The van der Waals surface area contributed by atoms with Crippen molar-refractivity contribution >= 4 is 23.0 Å². The van der Waals surface area contributed by atoms with Crippen LogP contribution in [0.25, 0.3) is 5.69 Å². The Morgan fingerprint density at radius 1 is 0.806 bits per heavy atom. The first-order valence-corrected chi connectivity index (χ1v) is 10.2. The molecule has 0 saturated carbocycles. The molecule has 0 amide bonds. The van der Waals surface area contributed by atoms with Gasteiger partial charge in [0.1, 0.15) is 17.7 Å². The average molecular weight is 432 g/mol. The van der Waals surface area contributed by atoms with Crippen molar-refractivity contribution in [3.8, 4) is 5.69 Å². The Bertz CT molecular complexity index is 1210. The van der Waals surface area contributed by atoms with Gasteiger partial charge in [0.2, 0.25) is 0 Å². The largest absolute Gasteiger partial charge is 0.351 e. The summed E-state index contributed by atoms with van der Waals surface area (Å²) in [5.41, 5.74) is 3.39. The van der Waals surface area contributed by atoms with Gasteiger partial charge in [-0.2, -0.15) is 0 Å². The van der Waals surface area contributed by atoms with Crippen LogP contribution < -0.4 is 10.2 Å². The first kappa shape index (κ1) is 19.4. The molecule has 5 rings (SSSR count). The Labute approximate surface area is 183 Å². The number of nitrogens with one attached hydrogen (secondary N) is 1. The molecule has 0 aliphatic carbocycles. The molecule has 2 aromatic heterocycles. The van der Waals surface area contributed by atoms with Crippen LogP contribution in [0.15, 0.2) is 91.3 Å². The highest BCUT2D eigenvalue weighted by Gasteiger charge is 2.42. The van der Waals surface area contributed by atoms with Gasteiger partial charge in [-0.25, -0.2) is 8.78 Å². The number of hydrogen-bond acceptors (Lipinski definition) is 2. The Kier molecular flexibility index (Phi) is 4.95. The van der Waals surface area contributed by atoms with E-state index < -0.39 is 0 Å². The van der Waals surface area contributed by atoms with Crippen molar-refractivity contribution in [3.05, 3.63) is 114 Å². The fourth-order valence-corrected chi connectivity index (χ4v) is 4.35. The molecular formula is C24H18F2N4S. The van der Waals surface area contributed by atoms with Gasteiger partial charge in [0.25, 0.3) is 0 Å². The topological polar surface area (TPSA) is 33.1 Å². The van der Waals surface area contributed by atoms with Crippen molar-refractivity contribution < 1.29 is 8.78 Å². The smallest absolute Gasteiger partial charge is 0.174 e. The van der Waals surface area contributed by atoms with Crippen LogP contribution in [-0.2, 0) is 0 Å². The molecule has 1 N–H and O–H groups in total. The maximum absolute atomic E-state index is 13.6. The van der Waals surface area contributed by atoms with Crippen LogP contribution in [0.4, 0.5) is 14.5 Å². The molecule has 0 radical (unpaired) electrons. The van der Waals surface area contributed by atoms with Crippen molar-refractivity contribution in [1.82, 2.24) is 14.9 Å². The summed E-state index contributed by atoms with van der Waals surface area (Å²) >= 11 is 5.69. The second-order valence-electron chi connectivity index (χ2n) is 7.25. The Morgan fingerprint density at radius 3 is 2.13 bits per heavy atom. The first-order valence-electron chi connectivity index (χ1n) is 9.81. The van der Waals surface area contributed by atoms with Gasteiger partial charge >= 0.3 is 0 Å². The lowest BCUT2D eigenvalue weighted by Gasteiger charge is -2.29. The predicted octanol–water partition coefficient (Wildman–Crippen LogP) is 5.33. The lowest BCUT2D eigenvalue weighted by molar-refractivity contribution is 0.549. The molecule has 0 spiro atoms. The summed E-state index contributed by atoms with van der Waals surface area (Å²) < 4.78 is 29.1. The van der Waals surface area contributed by atoms with Crippen LogP contribution in [0.1, 0.15) is 23.5 Å². The van der Waals surface area contributed by atoms with Gasteiger partial charge in [-0.15, -0.1) is 0 Å². The molecule has 7 heteroatoms. The molecule has 1 aliphatic heterocycles. The molecule has 4 nitrogen and oxygen atoms in total. The normalized spacial score (nSPS) is 18.3. The van der Waals surface area contributed by atoms with E-state index in [4.69, 9.17) is 12.2 Å². The van der Waals surface area contributed by atoms with Crippen molar-refractivity contribution in [1.29, 1.82) is 0 Å². The lowest BCUT2D eigenvalue weighted by atomic mass is 10.0. The molecule has 0 bridgehead atoms. The number of nitrogens with zero attached hydrogens (tertiary/aromatic N) is 3. The number of pyridine rings is 1. The van der Waals surface area contributed by atoms with Gasteiger partial charge in [-0.1, -0.05) is 6.07 Å². The number of benzene rings is 2. The third-order valence-electron chi connectivity index (χ3n) is 5.39. The van der Waals surface area contributed by atoms with Gasteiger partial charge in [0.15, 0.2) is 5.11 Å². The van der Waals surface area contributed by atoms with E-state index >= 15 is 0 Å². The van der Waals surface area contributed by atoms with Crippen LogP contribution in [0, 0.1) is 11.6 Å². The number of hydrogen-bond donors (Lipinski definition) is 1. The second kappa shape index (κ2) is 7.92. The van der Waals surface area contributed by atoms with Crippen molar-refractivity contribution in [2.24, 2.45) is 0 Å². The fourth-order valence-electron chi connectivity index (χ4n) is 4.01. The Balaban J connectivity index is 1.66. The minimum absolute atomic E-state index is 0.229. The molecule has 1 aliphatic rings. The van der Waals surface area contributed by atoms with Crippen molar-refractivity contribution in [3.63, 3.8) is 0 Å². The number of aromatic nitrogens is 2. The number of halogens is 2. The Morgan fingerprint density at radius 2 is 1.48 bits per heavy atom. The van der Waals surface area contributed by atoms with E-state index in [-0.39, 0.29) is 23.7 Å². The number of rotatable bonds is 4. The van der Waals surface area contributed by atoms with Crippen molar-refractivity contribution in [2.75, 3.05) is 4.90 Å². The molecule has 31 heavy (non-hydrogen) atoms. The van der Waals surface area contributed by atoms with Crippen LogP contribution in [0.2, 0.25) is 0 Å². The van der Waals surface area contributed by atoms with Gasteiger partial charge < -0.3 is 14.8 Å². The summed E-state index contributed by atoms with van der Waals surface area (Å²) in [4.78, 5) is 6.52. The summed E-state index contributed by atoms with van der Waals surface area (Å²) in [6.45, 7) is 0. The van der Waals surface area contributed by atoms with Crippen LogP contribution >= 0.6 is 12.2 Å². The van der Waals surface area contributed by atoms with E-state index in [0.717, 1.165) is 22.8 Å². The molecule has 4 aromatic rings. The molecule has 1 saturated heterocycles. The predicted molar refractivity (Wildman–Crippen MR) is 120 cm³/mol. The third kappa shape index (κ3) is 3.57. The highest BCUT2D eigenvalue weighted by Crippen LogP contribution is 2.42. The minimum Gasteiger partial charge on any atom is -0.351 e.